The molecule has 1 amide bonds. The Balaban J connectivity index is 1.97. The molecule has 6 heteroatoms. The number of hydrogen-bond acceptors (Lipinski definition) is 5. The lowest BCUT2D eigenvalue weighted by molar-refractivity contribution is -0.157. The molecule has 1 aliphatic rings. The molecule has 2 rings (SSSR count). The van der Waals surface area contributed by atoms with Gasteiger partial charge in [0.1, 0.15) is 12.3 Å². The molecule has 0 bridgehead atoms. The molecule has 6 nitrogen and oxygen atoms in total. The van der Waals surface area contributed by atoms with Crippen molar-refractivity contribution >= 4 is 12.1 Å². The first-order valence-electron chi connectivity index (χ1n) is 6.68. The van der Waals surface area contributed by atoms with Gasteiger partial charge in [0, 0.05) is 0 Å². The SMILES string of the molecule is COC(=O)[C@@H]1CN(C(=O)OCc2ccccc2)C(C)(C)O1. The molecule has 1 aromatic rings. The summed E-state index contributed by atoms with van der Waals surface area (Å²) >= 11 is 0. The Bertz CT molecular complexity index is 514. The van der Waals surface area contributed by atoms with E-state index in [0.29, 0.717) is 0 Å². The molecule has 1 heterocycles. The molecule has 1 atom stereocenters. The van der Waals surface area contributed by atoms with Gasteiger partial charge < -0.3 is 14.2 Å². The van der Waals surface area contributed by atoms with Gasteiger partial charge in [0.2, 0.25) is 0 Å². The Morgan fingerprint density at radius 3 is 2.62 bits per heavy atom. The molecule has 0 aromatic heterocycles. The molecule has 1 saturated heterocycles. The maximum Gasteiger partial charge on any atom is 0.412 e. The van der Waals surface area contributed by atoms with Crippen molar-refractivity contribution in [3.05, 3.63) is 35.9 Å². The van der Waals surface area contributed by atoms with Gasteiger partial charge in [0.15, 0.2) is 6.10 Å². The van der Waals surface area contributed by atoms with Crippen LogP contribution < -0.4 is 0 Å². The Hall–Kier alpha value is -2.08. The first-order chi connectivity index (χ1) is 9.94. The van der Waals surface area contributed by atoms with Gasteiger partial charge in [-0.1, -0.05) is 30.3 Å². The van der Waals surface area contributed by atoms with Crippen LogP contribution >= 0.6 is 0 Å². The number of esters is 1. The molecule has 0 spiro atoms. The second kappa shape index (κ2) is 6.13. The average molecular weight is 293 g/mol. The summed E-state index contributed by atoms with van der Waals surface area (Å²) in [6.45, 7) is 3.71. The van der Waals surface area contributed by atoms with E-state index in [0.717, 1.165) is 5.56 Å². The van der Waals surface area contributed by atoms with Crippen molar-refractivity contribution in [3.8, 4) is 0 Å². The van der Waals surface area contributed by atoms with Crippen molar-refractivity contribution in [2.75, 3.05) is 13.7 Å². The molecule has 21 heavy (non-hydrogen) atoms. The van der Waals surface area contributed by atoms with Crippen LogP contribution in [0, 0.1) is 0 Å². The highest BCUT2D eigenvalue weighted by molar-refractivity contribution is 5.77. The van der Waals surface area contributed by atoms with E-state index in [-0.39, 0.29) is 13.2 Å². The van der Waals surface area contributed by atoms with Crippen LogP contribution in [0.15, 0.2) is 30.3 Å². The second-order valence-corrected chi connectivity index (χ2v) is 5.23. The van der Waals surface area contributed by atoms with Crippen LogP contribution in [-0.4, -0.2) is 42.4 Å². The van der Waals surface area contributed by atoms with Crippen LogP contribution in [0.2, 0.25) is 0 Å². The summed E-state index contributed by atoms with van der Waals surface area (Å²) in [6.07, 6.45) is -1.30. The summed E-state index contributed by atoms with van der Waals surface area (Å²) in [6, 6.07) is 9.38. The minimum absolute atomic E-state index is 0.118. The van der Waals surface area contributed by atoms with Crippen LogP contribution in [0.1, 0.15) is 19.4 Å². The fraction of sp³-hybridized carbons (Fsp3) is 0.467. The molecular weight excluding hydrogens is 274 g/mol. The Morgan fingerprint density at radius 2 is 2.00 bits per heavy atom. The summed E-state index contributed by atoms with van der Waals surface area (Å²) in [5.41, 5.74) is -0.0135. The van der Waals surface area contributed by atoms with Crippen molar-refractivity contribution in [1.29, 1.82) is 0 Å². The summed E-state index contributed by atoms with van der Waals surface area (Å²) in [5.74, 6) is -0.499. The third-order valence-electron chi connectivity index (χ3n) is 3.32. The molecule has 1 fully saturated rings. The molecule has 0 N–H and O–H groups in total. The van der Waals surface area contributed by atoms with Crippen molar-refractivity contribution < 1.29 is 23.8 Å². The highest BCUT2D eigenvalue weighted by Crippen LogP contribution is 2.28. The number of nitrogens with zero attached hydrogens (tertiary/aromatic N) is 1. The minimum atomic E-state index is -0.910. The highest BCUT2D eigenvalue weighted by atomic mass is 16.6. The quantitative estimate of drug-likeness (QED) is 0.797. The van der Waals surface area contributed by atoms with Gasteiger partial charge in [0.25, 0.3) is 0 Å². The van der Waals surface area contributed by atoms with E-state index < -0.39 is 23.9 Å². The van der Waals surface area contributed by atoms with Gasteiger partial charge in [-0.05, 0) is 19.4 Å². The van der Waals surface area contributed by atoms with Crippen LogP contribution in [0.25, 0.3) is 0 Å². The normalized spacial score (nSPS) is 20.1. The number of benzene rings is 1. The lowest BCUT2D eigenvalue weighted by atomic mass is 10.2. The monoisotopic (exact) mass is 293 g/mol. The predicted molar refractivity (Wildman–Crippen MR) is 74.3 cm³/mol. The number of carbonyl (C=O) groups excluding carboxylic acids is 2. The Kier molecular flexibility index (Phi) is 4.47. The van der Waals surface area contributed by atoms with Gasteiger partial charge in [-0.25, -0.2) is 9.59 Å². The third kappa shape index (κ3) is 3.52. The zero-order valence-corrected chi connectivity index (χ0v) is 12.4. The van der Waals surface area contributed by atoms with Crippen LogP contribution in [-0.2, 0) is 25.6 Å². The summed E-state index contributed by atoms with van der Waals surface area (Å²) in [7, 11) is 1.29. The lowest BCUT2D eigenvalue weighted by Crippen LogP contribution is -2.43. The number of ether oxygens (including phenoxy) is 3. The van der Waals surface area contributed by atoms with Gasteiger partial charge in [-0.3, -0.25) is 4.90 Å². The largest absolute Gasteiger partial charge is 0.467 e. The first kappa shape index (κ1) is 15.3. The van der Waals surface area contributed by atoms with E-state index in [1.54, 1.807) is 13.8 Å². The molecule has 114 valence electrons. The number of methoxy groups -OCH3 is 1. The highest BCUT2D eigenvalue weighted by Gasteiger charge is 2.46. The van der Waals surface area contributed by atoms with Gasteiger partial charge >= 0.3 is 12.1 Å². The molecule has 0 unspecified atom stereocenters. The van der Waals surface area contributed by atoms with Crippen LogP contribution in [0.4, 0.5) is 4.79 Å². The number of hydrogen-bond donors (Lipinski definition) is 0. The second-order valence-electron chi connectivity index (χ2n) is 5.23. The molecule has 0 saturated carbocycles. The predicted octanol–water partition coefficient (Wildman–Crippen LogP) is 1.93. The van der Waals surface area contributed by atoms with Crippen molar-refractivity contribution in [2.45, 2.75) is 32.3 Å². The minimum Gasteiger partial charge on any atom is -0.467 e. The van der Waals surface area contributed by atoms with E-state index in [1.807, 2.05) is 30.3 Å². The van der Waals surface area contributed by atoms with E-state index in [2.05, 4.69) is 4.74 Å². The summed E-state index contributed by atoms with van der Waals surface area (Å²) in [5, 5.41) is 0. The maximum absolute atomic E-state index is 12.2. The fourth-order valence-electron chi connectivity index (χ4n) is 2.18. The van der Waals surface area contributed by atoms with Gasteiger partial charge in [-0.15, -0.1) is 0 Å². The molecular formula is C15H19NO5. The van der Waals surface area contributed by atoms with E-state index in [9.17, 15) is 9.59 Å². The number of amides is 1. The molecule has 0 aliphatic carbocycles. The molecule has 1 aromatic carbocycles. The zero-order chi connectivity index (χ0) is 15.5. The topological polar surface area (TPSA) is 65.1 Å². The Morgan fingerprint density at radius 1 is 1.33 bits per heavy atom. The van der Waals surface area contributed by atoms with Crippen molar-refractivity contribution in [3.63, 3.8) is 0 Å². The van der Waals surface area contributed by atoms with E-state index >= 15 is 0 Å². The zero-order valence-electron chi connectivity index (χ0n) is 12.4. The van der Waals surface area contributed by atoms with Crippen molar-refractivity contribution in [1.82, 2.24) is 4.90 Å². The van der Waals surface area contributed by atoms with Crippen molar-refractivity contribution in [2.24, 2.45) is 0 Å². The van der Waals surface area contributed by atoms with E-state index in [1.165, 1.54) is 12.0 Å². The summed E-state index contributed by atoms with van der Waals surface area (Å²) < 4.78 is 15.4. The standard InChI is InChI=1S/C15H19NO5/c1-15(2)16(9-12(21-15)13(17)19-3)14(18)20-10-11-7-5-4-6-8-11/h4-8,12H,9-10H2,1-3H3/t12-/m0/s1. The lowest BCUT2D eigenvalue weighted by Gasteiger charge is -2.28. The number of rotatable bonds is 3. The molecule has 0 radical (unpaired) electrons. The van der Waals surface area contributed by atoms with Gasteiger partial charge in [0.05, 0.1) is 13.7 Å². The first-order valence-corrected chi connectivity index (χ1v) is 6.68. The average Bonchev–Trinajstić information content (AvgIpc) is 2.80. The van der Waals surface area contributed by atoms with Gasteiger partial charge in [-0.2, -0.15) is 0 Å². The third-order valence-corrected chi connectivity index (χ3v) is 3.32. The number of carbonyl (C=O) groups is 2. The van der Waals surface area contributed by atoms with Crippen LogP contribution in [0.3, 0.4) is 0 Å². The Labute approximate surface area is 123 Å². The fourth-order valence-corrected chi connectivity index (χ4v) is 2.18. The maximum atomic E-state index is 12.2. The van der Waals surface area contributed by atoms with E-state index in [4.69, 9.17) is 9.47 Å². The van der Waals surface area contributed by atoms with Crippen LogP contribution in [0.5, 0.6) is 0 Å². The smallest absolute Gasteiger partial charge is 0.412 e. The summed E-state index contributed by atoms with van der Waals surface area (Å²) in [4.78, 5) is 25.1. The molecule has 1 aliphatic heterocycles.